The van der Waals surface area contributed by atoms with Crippen LogP contribution in [0.1, 0.15) is 89.7 Å². The van der Waals surface area contributed by atoms with Gasteiger partial charge in [-0.05, 0) is 64.2 Å². The Kier molecular flexibility index (Phi) is 10.4. The molecule has 1 aromatic carbocycles. The van der Waals surface area contributed by atoms with Crippen molar-refractivity contribution in [1.82, 2.24) is 0 Å². The third kappa shape index (κ3) is 7.07. The van der Waals surface area contributed by atoms with E-state index in [0.717, 1.165) is 55.4 Å². The fraction of sp³-hybridized carbons (Fsp3) is 0.758. The molecule has 0 bridgehead atoms. The summed E-state index contributed by atoms with van der Waals surface area (Å²) in [5, 5.41) is 51.1. The van der Waals surface area contributed by atoms with Crippen LogP contribution < -0.4 is 9.47 Å². The molecule has 5 rings (SSSR count). The number of hydrogen-bond donors (Lipinski definition) is 5. The molecule has 3 aliphatic heterocycles. The predicted octanol–water partition coefficient (Wildman–Crippen LogP) is 3.09. The predicted molar refractivity (Wildman–Crippen MR) is 158 cm³/mol. The molecule has 10 nitrogen and oxygen atoms in total. The second kappa shape index (κ2) is 13.7. The molecule has 0 saturated carbocycles. The van der Waals surface area contributed by atoms with Crippen molar-refractivity contribution in [3.63, 3.8) is 0 Å². The zero-order valence-corrected chi connectivity index (χ0v) is 25.9. The molecule has 5 N–H and O–H groups in total. The van der Waals surface area contributed by atoms with E-state index in [1.165, 1.54) is 5.57 Å². The molecule has 1 aromatic rings. The highest BCUT2D eigenvalue weighted by atomic mass is 16.7. The van der Waals surface area contributed by atoms with Crippen molar-refractivity contribution in [2.45, 2.75) is 140 Å². The maximum Gasteiger partial charge on any atom is 0.202 e. The number of unbranched alkanes of at least 4 members (excludes halogenated alkanes) is 2. The van der Waals surface area contributed by atoms with Gasteiger partial charge in [0.2, 0.25) is 6.29 Å². The molecule has 242 valence electrons. The lowest BCUT2D eigenvalue weighted by Crippen LogP contribution is -2.57. The van der Waals surface area contributed by atoms with Crippen molar-refractivity contribution < 1.29 is 49.2 Å². The van der Waals surface area contributed by atoms with Crippen molar-refractivity contribution in [3.05, 3.63) is 34.9 Å². The Hall–Kier alpha value is -1.76. The van der Waals surface area contributed by atoms with Gasteiger partial charge in [-0.15, -0.1) is 0 Å². The second-order valence-electron chi connectivity index (χ2n) is 13.2. The van der Waals surface area contributed by atoms with Crippen LogP contribution in [0, 0.1) is 5.92 Å². The van der Waals surface area contributed by atoms with Crippen molar-refractivity contribution in [3.8, 4) is 11.5 Å². The van der Waals surface area contributed by atoms with E-state index in [-0.39, 0.29) is 30.3 Å². The van der Waals surface area contributed by atoms with Gasteiger partial charge in [-0.1, -0.05) is 31.4 Å². The van der Waals surface area contributed by atoms with E-state index in [9.17, 15) is 25.5 Å². The topological polar surface area (TPSA) is 147 Å². The Morgan fingerprint density at radius 2 is 1.67 bits per heavy atom. The third-order valence-corrected chi connectivity index (χ3v) is 9.55. The Bertz CT molecular complexity index is 1120. The van der Waals surface area contributed by atoms with Crippen LogP contribution in [-0.4, -0.2) is 93.6 Å². The first-order valence-corrected chi connectivity index (χ1v) is 16.0. The number of ether oxygens (including phenoxy) is 5. The molecule has 0 radical (unpaired) electrons. The molecule has 10 atom stereocenters. The van der Waals surface area contributed by atoms with E-state index in [2.05, 4.69) is 45.9 Å². The first kappa shape index (κ1) is 32.6. The van der Waals surface area contributed by atoms with Gasteiger partial charge in [0.25, 0.3) is 0 Å². The smallest absolute Gasteiger partial charge is 0.202 e. The maximum absolute atomic E-state index is 11.2. The summed E-state index contributed by atoms with van der Waals surface area (Å²) in [6.45, 7) is 7.74. The summed E-state index contributed by atoms with van der Waals surface area (Å²) >= 11 is 0. The quantitative estimate of drug-likeness (QED) is 0.199. The van der Waals surface area contributed by atoms with Gasteiger partial charge in [-0.2, -0.15) is 0 Å². The minimum absolute atomic E-state index is 0.0538. The highest BCUT2D eigenvalue weighted by Gasteiger charge is 2.47. The molecule has 0 unspecified atom stereocenters. The number of aliphatic hydroxyl groups is 5. The third-order valence-electron chi connectivity index (χ3n) is 9.55. The second-order valence-corrected chi connectivity index (χ2v) is 13.2. The number of fused-ring (bicyclic) bond motifs is 3. The van der Waals surface area contributed by atoms with Gasteiger partial charge in [0, 0.05) is 30.2 Å². The van der Waals surface area contributed by atoms with Gasteiger partial charge < -0.3 is 49.2 Å². The Morgan fingerprint density at radius 3 is 2.40 bits per heavy atom. The Labute approximate surface area is 254 Å². The fourth-order valence-electron chi connectivity index (χ4n) is 7.16. The number of rotatable bonds is 10. The molecule has 0 amide bonds. The van der Waals surface area contributed by atoms with E-state index in [1.54, 1.807) is 0 Å². The van der Waals surface area contributed by atoms with Crippen LogP contribution in [0.2, 0.25) is 0 Å². The lowest BCUT2D eigenvalue weighted by atomic mass is 9.68. The zero-order chi connectivity index (χ0) is 30.9. The summed E-state index contributed by atoms with van der Waals surface area (Å²) < 4.78 is 30.9. The summed E-state index contributed by atoms with van der Waals surface area (Å²) in [6, 6.07) is 4.23. The van der Waals surface area contributed by atoms with Gasteiger partial charge in [0.1, 0.15) is 41.5 Å². The molecular weight excluding hydrogens is 556 g/mol. The van der Waals surface area contributed by atoms with Crippen molar-refractivity contribution >= 4 is 0 Å². The van der Waals surface area contributed by atoms with Crippen molar-refractivity contribution in [2.24, 2.45) is 5.92 Å². The van der Waals surface area contributed by atoms with Crippen molar-refractivity contribution in [2.75, 3.05) is 13.2 Å². The fourth-order valence-corrected chi connectivity index (χ4v) is 7.16. The van der Waals surface area contributed by atoms with E-state index >= 15 is 0 Å². The van der Waals surface area contributed by atoms with E-state index in [1.807, 2.05) is 0 Å². The van der Waals surface area contributed by atoms with Crippen LogP contribution in [0.4, 0.5) is 0 Å². The van der Waals surface area contributed by atoms with Crippen LogP contribution >= 0.6 is 0 Å². The molecule has 1 aliphatic carbocycles. The van der Waals surface area contributed by atoms with Crippen LogP contribution in [0.5, 0.6) is 11.5 Å². The van der Waals surface area contributed by atoms with Crippen molar-refractivity contribution in [1.29, 1.82) is 0 Å². The van der Waals surface area contributed by atoms with E-state index in [0.29, 0.717) is 5.75 Å². The van der Waals surface area contributed by atoms with Gasteiger partial charge in [0.05, 0.1) is 25.4 Å². The Morgan fingerprint density at radius 1 is 0.953 bits per heavy atom. The molecule has 10 heteroatoms. The summed E-state index contributed by atoms with van der Waals surface area (Å²) in [6.07, 6.45) is 0.355. The summed E-state index contributed by atoms with van der Waals surface area (Å²) in [5.41, 5.74) is 3.13. The van der Waals surface area contributed by atoms with Crippen LogP contribution in [0.15, 0.2) is 23.8 Å². The average Bonchev–Trinajstić information content (AvgIpc) is 2.95. The SMILES string of the molecule is CCCCCc1cc(O[C@H]2C[C@@H](O)[C@H](O[C@H]3C[C@@H](O)[C@H](O)[C@@H](CO)O3)[C@@H](CO)O2)c2c(c1)OC(C)(C)[C@@H]1CCC(C)=C[C@@H]21. The highest BCUT2D eigenvalue weighted by molar-refractivity contribution is 5.54. The first-order chi connectivity index (χ1) is 20.5. The number of hydrogen-bond acceptors (Lipinski definition) is 10. The highest BCUT2D eigenvalue weighted by Crippen LogP contribution is 2.54. The minimum Gasteiger partial charge on any atom is -0.487 e. The largest absolute Gasteiger partial charge is 0.487 e. The normalized spacial score (nSPS) is 37.1. The average molecular weight is 607 g/mol. The monoisotopic (exact) mass is 606 g/mol. The van der Waals surface area contributed by atoms with Gasteiger partial charge >= 0.3 is 0 Å². The van der Waals surface area contributed by atoms with Crippen LogP contribution in [0.25, 0.3) is 0 Å². The number of benzene rings is 1. The zero-order valence-electron chi connectivity index (χ0n) is 25.9. The Balaban J connectivity index is 1.38. The molecule has 0 spiro atoms. The first-order valence-electron chi connectivity index (χ1n) is 16.0. The van der Waals surface area contributed by atoms with Gasteiger partial charge in [-0.3, -0.25) is 0 Å². The summed E-state index contributed by atoms with van der Waals surface area (Å²) in [5.74, 6) is 1.90. The molecule has 2 fully saturated rings. The molecule has 4 aliphatic rings. The standard InChI is InChI=1S/C33H50O10/c1-5-6-7-8-19-12-24(30-20-11-18(2)9-10-21(20)33(3,4)43-25(30)13-19)39-28-15-23(37)32(27(17-35)41-28)42-29-14-22(36)31(38)26(16-34)40-29/h11-13,20-23,26-29,31-32,34-38H,5-10,14-17H2,1-4H3/t20-,21-,22-,23-,26-,27-,28-,29+,31+,32+/m1/s1. The molecule has 3 heterocycles. The summed E-state index contributed by atoms with van der Waals surface area (Å²) in [4.78, 5) is 0. The molecule has 43 heavy (non-hydrogen) atoms. The molecule has 2 saturated heterocycles. The lowest BCUT2D eigenvalue weighted by Gasteiger charge is -2.47. The lowest BCUT2D eigenvalue weighted by molar-refractivity contribution is -0.313. The number of allylic oxidation sites excluding steroid dienone is 2. The molecular formula is C33H50O10. The van der Waals surface area contributed by atoms with E-state index in [4.69, 9.17) is 23.7 Å². The number of aryl methyl sites for hydroxylation is 1. The summed E-state index contributed by atoms with van der Waals surface area (Å²) in [7, 11) is 0. The minimum atomic E-state index is -1.25. The van der Waals surface area contributed by atoms with E-state index < -0.39 is 62.4 Å². The maximum atomic E-state index is 11.2. The molecule has 0 aromatic heterocycles. The van der Waals surface area contributed by atoms with Crippen LogP contribution in [-0.2, 0) is 20.6 Å². The van der Waals surface area contributed by atoms with Gasteiger partial charge in [-0.25, -0.2) is 0 Å². The van der Waals surface area contributed by atoms with Gasteiger partial charge in [0.15, 0.2) is 6.29 Å². The number of aliphatic hydroxyl groups excluding tert-OH is 5. The van der Waals surface area contributed by atoms with Crippen LogP contribution in [0.3, 0.4) is 0 Å².